The molecule has 0 aliphatic carbocycles. The SMILES string of the molecule is Cc1ccc(C(Cc2ccco2)C(=O)NCC(c2cccs2)N(C)C)cc1. The molecule has 0 bridgehead atoms. The summed E-state index contributed by atoms with van der Waals surface area (Å²) < 4.78 is 5.50. The molecule has 1 amide bonds. The molecule has 1 N–H and O–H groups in total. The average molecular weight is 383 g/mol. The van der Waals surface area contributed by atoms with Gasteiger partial charge >= 0.3 is 0 Å². The van der Waals surface area contributed by atoms with E-state index in [1.165, 1.54) is 10.4 Å². The molecule has 3 rings (SSSR count). The molecule has 142 valence electrons. The maximum Gasteiger partial charge on any atom is 0.228 e. The van der Waals surface area contributed by atoms with Gasteiger partial charge in [-0.05, 0) is 50.2 Å². The minimum atomic E-state index is -0.275. The van der Waals surface area contributed by atoms with Crippen molar-refractivity contribution in [3.63, 3.8) is 0 Å². The van der Waals surface area contributed by atoms with Crippen LogP contribution in [0.2, 0.25) is 0 Å². The highest BCUT2D eigenvalue weighted by molar-refractivity contribution is 7.10. The predicted molar refractivity (Wildman–Crippen MR) is 110 cm³/mol. The fourth-order valence-electron chi connectivity index (χ4n) is 3.13. The first-order chi connectivity index (χ1) is 13.0. The van der Waals surface area contributed by atoms with Gasteiger partial charge in [0.05, 0.1) is 18.2 Å². The molecule has 0 fully saturated rings. The number of furan rings is 1. The van der Waals surface area contributed by atoms with Crippen molar-refractivity contribution < 1.29 is 9.21 Å². The summed E-state index contributed by atoms with van der Waals surface area (Å²) in [4.78, 5) is 16.5. The van der Waals surface area contributed by atoms with Crippen LogP contribution in [0.3, 0.4) is 0 Å². The molecule has 5 heteroatoms. The maximum atomic E-state index is 13.1. The van der Waals surface area contributed by atoms with E-state index in [-0.39, 0.29) is 17.9 Å². The van der Waals surface area contributed by atoms with Gasteiger partial charge in [-0.1, -0.05) is 35.9 Å². The molecular weight excluding hydrogens is 356 g/mol. The molecule has 0 saturated heterocycles. The number of hydrogen-bond acceptors (Lipinski definition) is 4. The zero-order valence-corrected chi connectivity index (χ0v) is 16.8. The molecule has 0 radical (unpaired) electrons. The lowest BCUT2D eigenvalue weighted by Crippen LogP contribution is -2.37. The predicted octanol–water partition coefficient (Wildman–Crippen LogP) is 4.39. The lowest BCUT2D eigenvalue weighted by Gasteiger charge is -2.25. The van der Waals surface area contributed by atoms with Crippen molar-refractivity contribution in [3.8, 4) is 0 Å². The van der Waals surface area contributed by atoms with Crippen molar-refractivity contribution in [2.75, 3.05) is 20.6 Å². The minimum absolute atomic E-state index is 0.0265. The van der Waals surface area contributed by atoms with Crippen molar-refractivity contribution in [1.29, 1.82) is 0 Å². The Kier molecular flexibility index (Phi) is 6.48. The fraction of sp³-hybridized carbons (Fsp3) is 0.318. The molecule has 0 spiro atoms. The van der Waals surface area contributed by atoms with E-state index in [4.69, 9.17) is 4.42 Å². The van der Waals surface area contributed by atoms with Crippen LogP contribution in [-0.4, -0.2) is 31.4 Å². The van der Waals surface area contributed by atoms with E-state index in [2.05, 4.69) is 21.7 Å². The Morgan fingerprint density at radius 3 is 2.52 bits per heavy atom. The first-order valence-corrected chi connectivity index (χ1v) is 9.99. The standard InChI is InChI=1S/C22H26N2O2S/c1-16-8-10-17(11-9-16)19(14-18-6-4-12-26-18)22(25)23-15-20(24(2)3)21-7-5-13-27-21/h4-13,19-20H,14-15H2,1-3H3,(H,23,25). The molecule has 2 heterocycles. The summed E-state index contributed by atoms with van der Waals surface area (Å²) in [6.45, 7) is 2.63. The monoisotopic (exact) mass is 382 g/mol. The Labute approximate surface area is 164 Å². The Bertz CT molecular complexity index is 824. The van der Waals surface area contributed by atoms with Crippen LogP contribution < -0.4 is 5.32 Å². The molecule has 3 aromatic rings. The molecule has 27 heavy (non-hydrogen) atoms. The van der Waals surface area contributed by atoms with Gasteiger partial charge in [-0.15, -0.1) is 11.3 Å². The van der Waals surface area contributed by atoms with Gasteiger partial charge in [-0.25, -0.2) is 0 Å². The lowest BCUT2D eigenvalue weighted by molar-refractivity contribution is -0.122. The van der Waals surface area contributed by atoms with Gasteiger partial charge in [-0.3, -0.25) is 4.79 Å². The van der Waals surface area contributed by atoms with Gasteiger partial charge in [0, 0.05) is 17.8 Å². The second-order valence-corrected chi connectivity index (χ2v) is 7.97. The Balaban J connectivity index is 1.75. The quantitative estimate of drug-likeness (QED) is 0.628. The highest BCUT2D eigenvalue weighted by Gasteiger charge is 2.24. The van der Waals surface area contributed by atoms with Gasteiger partial charge in [0.25, 0.3) is 0 Å². The van der Waals surface area contributed by atoms with Gasteiger partial charge in [0.2, 0.25) is 5.91 Å². The summed E-state index contributed by atoms with van der Waals surface area (Å²) in [5, 5.41) is 5.23. The Hall–Kier alpha value is -2.37. The summed E-state index contributed by atoms with van der Waals surface area (Å²) in [6.07, 6.45) is 2.20. The molecular formula is C22H26N2O2S. The smallest absolute Gasteiger partial charge is 0.228 e. The van der Waals surface area contributed by atoms with Crippen LogP contribution in [0.15, 0.2) is 64.6 Å². The van der Waals surface area contributed by atoms with Crippen molar-refractivity contribution in [2.45, 2.75) is 25.3 Å². The molecule has 2 aromatic heterocycles. The Morgan fingerprint density at radius 1 is 1.15 bits per heavy atom. The summed E-state index contributed by atoms with van der Waals surface area (Å²) in [5.74, 6) is 0.569. The zero-order chi connectivity index (χ0) is 19.2. The van der Waals surface area contributed by atoms with Crippen molar-refractivity contribution >= 4 is 17.2 Å². The van der Waals surface area contributed by atoms with Crippen LogP contribution in [0, 0.1) is 6.92 Å². The third-order valence-corrected chi connectivity index (χ3v) is 5.72. The second kappa shape index (κ2) is 9.02. The largest absolute Gasteiger partial charge is 0.469 e. The third kappa shape index (κ3) is 5.08. The van der Waals surface area contributed by atoms with Gasteiger partial charge in [0.1, 0.15) is 5.76 Å². The number of benzene rings is 1. The maximum absolute atomic E-state index is 13.1. The average Bonchev–Trinajstić information content (AvgIpc) is 3.34. The summed E-state index contributed by atoms with van der Waals surface area (Å²) in [6, 6.07) is 16.3. The van der Waals surface area contributed by atoms with E-state index in [9.17, 15) is 4.79 Å². The van der Waals surface area contributed by atoms with E-state index < -0.39 is 0 Å². The minimum Gasteiger partial charge on any atom is -0.469 e. The fourth-order valence-corrected chi connectivity index (χ4v) is 4.05. The van der Waals surface area contributed by atoms with Crippen molar-refractivity contribution in [3.05, 3.63) is 81.9 Å². The normalized spacial score (nSPS) is 13.5. The summed E-state index contributed by atoms with van der Waals surface area (Å²) >= 11 is 1.71. The molecule has 0 aliphatic rings. The van der Waals surface area contributed by atoms with E-state index in [1.807, 2.05) is 63.5 Å². The lowest BCUT2D eigenvalue weighted by atomic mass is 9.93. The molecule has 2 atom stereocenters. The van der Waals surface area contributed by atoms with E-state index in [0.717, 1.165) is 11.3 Å². The topological polar surface area (TPSA) is 45.5 Å². The summed E-state index contributed by atoms with van der Waals surface area (Å²) in [7, 11) is 4.08. The number of aryl methyl sites for hydroxylation is 1. The zero-order valence-electron chi connectivity index (χ0n) is 16.0. The number of carbonyl (C=O) groups is 1. The number of amides is 1. The molecule has 2 unspecified atom stereocenters. The molecule has 0 aliphatic heterocycles. The van der Waals surface area contributed by atoms with Crippen LogP contribution in [-0.2, 0) is 11.2 Å². The summed E-state index contributed by atoms with van der Waals surface area (Å²) in [5.41, 5.74) is 2.19. The number of rotatable bonds is 8. The highest BCUT2D eigenvalue weighted by Crippen LogP contribution is 2.25. The number of nitrogens with zero attached hydrogens (tertiary/aromatic N) is 1. The molecule has 1 aromatic carbocycles. The van der Waals surface area contributed by atoms with Crippen molar-refractivity contribution in [2.24, 2.45) is 0 Å². The van der Waals surface area contributed by atoms with E-state index in [0.29, 0.717) is 13.0 Å². The van der Waals surface area contributed by atoms with E-state index in [1.54, 1.807) is 17.6 Å². The molecule has 4 nitrogen and oxygen atoms in total. The van der Waals surface area contributed by atoms with Crippen molar-refractivity contribution in [1.82, 2.24) is 10.2 Å². The number of thiophene rings is 1. The van der Waals surface area contributed by atoms with E-state index >= 15 is 0 Å². The first kappa shape index (κ1) is 19.4. The van der Waals surface area contributed by atoms with Gasteiger partial charge in [0.15, 0.2) is 0 Å². The van der Waals surface area contributed by atoms with Crippen LogP contribution in [0.4, 0.5) is 0 Å². The first-order valence-electron chi connectivity index (χ1n) is 9.11. The third-order valence-electron chi connectivity index (χ3n) is 4.75. The second-order valence-electron chi connectivity index (χ2n) is 6.99. The number of likely N-dealkylation sites (N-methyl/N-ethyl adjacent to an activating group) is 1. The Morgan fingerprint density at radius 2 is 1.93 bits per heavy atom. The van der Waals surface area contributed by atoms with Crippen LogP contribution in [0.25, 0.3) is 0 Å². The number of hydrogen-bond donors (Lipinski definition) is 1. The number of carbonyl (C=O) groups excluding carboxylic acids is 1. The highest BCUT2D eigenvalue weighted by atomic mass is 32.1. The number of nitrogens with one attached hydrogen (secondary N) is 1. The van der Waals surface area contributed by atoms with Gasteiger partial charge in [-0.2, -0.15) is 0 Å². The van der Waals surface area contributed by atoms with Crippen LogP contribution in [0.1, 0.15) is 33.7 Å². The van der Waals surface area contributed by atoms with Crippen LogP contribution in [0.5, 0.6) is 0 Å². The molecule has 0 saturated carbocycles. The van der Waals surface area contributed by atoms with Gasteiger partial charge < -0.3 is 14.6 Å². The van der Waals surface area contributed by atoms with Crippen LogP contribution >= 0.6 is 11.3 Å².